The maximum Gasteiger partial charge on any atom is 0.325 e. The summed E-state index contributed by atoms with van der Waals surface area (Å²) in [6.45, 7) is 4.08. The van der Waals surface area contributed by atoms with Crippen LogP contribution in [-0.2, 0) is 27.3 Å². The molecule has 0 aliphatic rings. The number of benzene rings is 2. The summed E-state index contributed by atoms with van der Waals surface area (Å²) in [6.07, 6.45) is 0.228. The first-order valence-corrected chi connectivity index (χ1v) is 9.08. The summed E-state index contributed by atoms with van der Waals surface area (Å²) < 4.78 is 7.54. The molecule has 6 heteroatoms. The van der Waals surface area contributed by atoms with E-state index in [9.17, 15) is 9.59 Å². The maximum atomic E-state index is 12.4. The lowest BCUT2D eigenvalue weighted by molar-refractivity contribution is -0.141. The molecule has 3 rings (SSSR count). The van der Waals surface area contributed by atoms with E-state index < -0.39 is 0 Å². The Morgan fingerprint density at radius 3 is 2.50 bits per heavy atom. The van der Waals surface area contributed by atoms with Crippen LogP contribution >= 0.6 is 11.3 Å². The van der Waals surface area contributed by atoms with Crippen LogP contribution in [0.2, 0.25) is 0 Å². The van der Waals surface area contributed by atoms with E-state index in [1.165, 1.54) is 18.4 Å². The zero-order valence-electron chi connectivity index (χ0n) is 15.0. The van der Waals surface area contributed by atoms with Gasteiger partial charge in [0.05, 0.1) is 23.7 Å². The zero-order valence-corrected chi connectivity index (χ0v) is 15.8. The van der Waals surface area contributed by atoms with E-state index >= 15 is 0 Å². The highest BCUT2D eigenvalue weighted by molar-refractivity contribution is 7.16. The first-order valence-electron chi connectivity index (χ1n) is 8.27. The summed E-state index contributed by atoms with van der Waals surface area (Å²) in [7, 11) is 1.35. The second-order valence-corrected chi connectivity index (χ2v) is 7.13. The summed E-state index contributed by atoms with van der Waals surface area (Å²) in [5, 5.41) is 0. The molecule has 0 radical (unpaired) electrons. The molecule has 26 heavy (non-hydrogen) atoms. The molecule has 3 aromatic rings. The molecule has 0 aliphatic heterocycles. The molecule has 2 aromatic carbocycles. The van der Waals surface area contributed by atoms with Crippen molar-refractivity contribution in [3.05, 3.63) is 64.0 Å². The van der Waals surface area contributed by atoms with Crippen molar-refractivity contribution in [3.63, 3.8) is 0 Å². The normalized spacial score (nSPS) is 11.7. The largest absolute Gasteiger partial charge is 0.468 e. The number of aromatic nitrogens is 1. The highest BCUT2D eigenvalue weighted by Gasteiger charge is 2.13. The monoisotopic (exact) mass is 368 g/mol. The van der Waals surface area contributed by atoms with Crippen molar-refractivity contribution in [1.82, 2.24) is 4.57 Å². The van der Waals surface area contributed by atoms with Gasteiger partial charge in [-0.1, -0.05) is 41.7 Å². The van der Waals surface area contributed by atoms with Crippen LogP contribution in [0.4, 0.5) is 0 Å². The molecule has 5 nitrogen and oxygen atoms in total. The molecule has 0 spiro atoms. The van der Waals surface area contributed by atoms with E-state index in [0.717, 1.165) is 26.9 Å². The van der Waals surface area contributed by atoms with Crippen LogP contribution in [0.3, 0.4) is 0 Å². The van der Waals surface area contributed by atoms with Crippen molar-refractivity contribution in [2.24, 2.45) is 4.99 Å². The number of aryl methyl sites for hydroxylation is 2. The quantitative estimate of drug-likeness (QED) is 0.665. The van der Waals surface area contributed by atoms with Crippen LogP contribution in [-0.4, -0.2) is 23.6 Å². The molecule has 1 aromatic heterocycles. The van der Waals surface area contributed by atoms with Gasteiger partial charge < -0.3 is 9.30 Å². The smallest absolute Gasteiger partial charge is 0.325 e. The Balaban J connectivity index is 2.06. The van der Waals surface area contributed by atoms with Gasteiger partial charge >= 0.3 is 5.97 Å². The predicted octanol–water partition coefficient (Wildman–Crippen LogP) is 3.16. The van der Waals surface area contributed by atoms with Gasteiger partial charge in [-0.15, -0.1) is 0 Å². The fourth-order valence-electron chi connectivity index (χ4n) is 2.67. The highest BCUT2D eigenvalue weighted by atomic mass is 32.1. The first-order chi connectivity index (χ1) is 12.5. The molecular formula is C20H20N2O3S. The second-order valence-electron chi connectivity index (χ2n) is 6.12. The predicted molar refractivity (Wildman–Crippen MR) is 102 cm³/mol. The number of nitrogens with zero attached hydrogens (tertiary/aromatic N) is 2. The standard InChI is InChI=1S/C20H20N2O3S/c1-13-9-16-17(10-14(13)2)26-20(22(16)12-19(24)25-3)21-18(23)11-15-7-5-4-6-8-15/h4-10H,11-12H2,1-3H3. The Morgan fingerprint density at radius 2 is 1.81 bits per heavy atom. The van der Waals surface area contributed by atoms with Gasteiger partial charge in [0.15, 0.2) is 4.80 Å². The topological polar surface area (TPSA) is 60.7 Å². The molecule has 0 N–H and O–H groups in total. The van der Waals surface area contributed by atoms with E-state index in [1.54, 1.807) is 4.57 Å². The fourth-order valence-corrected chi connectivity index (χ4v) is 3.80. The molecule has 0 aliphatic carbocycles. The molecule has 0 unspecified atom stereocenters. The van der Waals surface area contributed by atoms with E-state index in [0.29, 0.717) is 4.80 Å². The van der Waals surface area contributed by atoms with Gasteiger partial charge in [0.2, 0.25) is 0 Å². The van der Waals surface area contributed by atoms with Crippen molar-refractivity contribution in [1.29, 1.82) is 0 Å². The summed E-state index contributed by atoms with van der Waals surface area (Å²) in [6, 6.07) is 13.6. The molecule has 0 atom stereocenters. The zero-order chi connectivity index (χ0) is 18.7. The molecule has 0 saturated heterocycles. The minimum atomic E-state index is -0.375. The third kappa shape index (κ3) is 3.91. The molecule has 134 valence electrons. The van der Waals surface area contributed by atoms with E-state index in [2.05, 4.69) is 11.1 Å². The molecule has 1 heterocycles. The lowest BCUT2D eigenvalue weighted by atomic mass is 10.1. The summed E-state index contributed by atoms with van der Waals surface area (Å²) in [4.78, 5) is 29.0. The highest BCUT2D eigenvalue weighted by Crippen LogP contribution is 2.22. The van der Waals surface area contributed by atoms with Crippen LogP contribution < -0.4 is 4.80 Å². The number of esters is 1. The number of hydrogen-bond donors (Lipinski definition) is 0. The van der Waals surface area contributed by atoms with E-state index in [1.807, 2.05) is 50.2 Å². The van der Waals surface area contributed by atoms with Gasteiger partial charge in [0.1, 0.15) is 6.54 Å². The number of carbonyl (C=O) groups excluding carboxylic acids is 2. The van der Waals surface area contributed by atoms with Crippen molar-refractivity contribution in [2.45, 2.75) is 26.8 Å². The first kappa shape index (κ1) is 18.1. The third-order valence-electron chi connectivity index (χ3n) is 4.23. The molecule has 0 bridgehead atoms. The Morgan fingerprint density at radius 1 is 1.12 bits per heavy atom. The van der Waals surface area contributed by atoms with Crippen molar-refractivity contribution >= 4 is 33.4 Å². The lowest BCUT2D eigenvalue weighted by Crippen LogP contribution is -2.22. The number of carbonyl (C=O) groups is 2. The van der Waals surface area contributed by atoms with E-state index in [-0.39, 0.29) is 24.8 Å². The maximum absolute atomic E-state index is 12.4. The van der Waals surface area contributed by atoms with Gasteiger partial charge in [-0.05, 0) is 42.7 Å². The van der Waals surface area contributed by atoms with Gasteiger partial charge in [-0.25, -0.2) is 0 Å². The van der Waals surface area contributed by atoms with Gasteiger partial charge in [0, 0.05) is 0 Å². The SMILES string of the molecule is COC(=O)Cn1c(=NC(=O)Cc2ccccc2)sc2cc(C)c(C)cc21. The molecule has 0 fully saturated rings. The van der Waals surface area contributed by atoms with Gasteiger partial charge in [-0.2, -0.15) is 4.99 Å². The van der Waals surface area contributed by atoms with E-state index in [4.69, 9.17) is 4.74 Å². The summed E-state index contributed by atoms with van der Waals surface area (Å²) in [5.41, 5.74) is 4.07. The van der Waals surface area contributed by atoms with Crippen LogP contribution in [0.25, 0.3) is 10.2 Å². The van der Waals surface area contributed by atoms with Crippen molar-refractivity contribution < 1.29 is 14.3 Å². The summed E-state index contributed by atoms with van der Waals surface area (Å²) >= 11 is 1.41. The minimum Gasteiger partial charge on any atom is -0.468 e. The minimum absolute atomic E-state index is 0.0243. The Labute approximate surface area is 155 Å². The van der Waals surface area contributed by atoms with Crippen LogP contribution in [0, 0.1) is 13.8 Å². The number of hydrogen-bond acceptors (Lipinski definition) is 4. The third-order valence-corrected chi connectivity index (χ3v) is 5.27. The summed E-state index contributed by atoms with van der Waals surface area (Å²) in [5.74, 6) is -0.616. The van der Waals surface area contributed by atoms with Crippen LogP contribution in [0.15, 0.2) is 47.5 Å². The number of methoxy groups -OCH3 is 1. The Kier molecular flexibility index (Phi) is 5.32. The lowest BCUT2D eigenvalue weighted by Gasteiger charge is -2.05. The second kappa shape index (κ2) is 7.66. The van der Waals surface area contributed by atoms with Gasteiger partial charge in [-0.3, -0.25) is 9.59 Å². The number of ether oxygens (including phenoxy) is 1. The number of rotatable bonds is 4. The Hall–Kier alpha value is -2.73. The molecule has 0 saturated carbocycles. The van der Waals surface area contributed by atoms with Crippen molar-refractivity contribution in [3.8, 4) is 0 Å². The number of fused-ring (bicyclic) bond motifs is 1. The van der Waals surface area contributed by atoms with Crippen LogP contribution in [0.1, 0.15) is 16.7 Å². The Bertz CT molecular complexity index is 1030. The molecular weight excluding hydrogens is 348 g/mol. The number of thiazole rings is 1. The average molecular weight is 368 g/mol. The van der Waals surface area contributed by atoms with Crippen LogP contribution in [0.5, 0.6) is 0 Å². The average Bonchev–Trinajstić information content (AvgIpc) is 2.92. The van der Waals surface area contributed by atoms with Gasteiger partial charge in [0.25, 0.3) is 5.91 Å². The molecule has 1 amide bonds. The fraction of sp³-hybridized carbons (Fsp3) is 0.250. The van der Waals surface area contributed by atoms with Crippen molar-refractivity contribution in [2.75, 3.05) is 7.11 Å². The number of amides is 1.